The van der Waals surface area contributed by atoms with Crippen molar-refractivity contribution in [3.8, 4) is 5.75 Å². The van der Waals surface area contributed by atoms with Crippen LogP contribution in [-0.2, 0) is 4.79 Å². The van der Waals surface area contributed by atoms with E-state index in [2.05, 4.69) is 5.32 Å². The van der Waals surface area contributed by atoms with Crippen molar-refractivity contribution < 1.29 is 14.6 Å². The number of amides is 1. The van der Waals surface area contributed by atoms with E-state index in [0.29, 0.717) is 12.2 Å². The Bertz CT molecular complexity index is 398. The lowest BCUT2D eigenvalue weighted by Gasteiger charge is -2.12. The van der Waals surface area contributed by atoms with Gasteiger partial charge in [0.15, 0.2) is 6.61 Å². The van der Waals surface area contributed by atoms with E-state index in [-0.39, 0.29) is 19.1 Å². The van der Waals surface area contributed by atoms with Crippen molar-refractivity contribution in [1.82, 2.24) is 5.32 Å². The number of carbonyl (C=O) groups excluding carboxylic acids is 1. The fourth-order valence-electron chi connectivity index (χ4n) is 1.88. The zero-order chi connectivity index (χ0) is 14.3. The van der Waals surface area contributed by atoms with Crippen molar-refractivity contribution in [2.24, 2.45) is 0 Å². The number of ether oxygens (including phenoxy) is 1. The van der Waals surface area contributed by atoms with Crippen LogP contribution in [0, 0.1) is 13.8 Å². The minimum atomic E-state index is -0.477. The molecule has 0 saturated carbocycles. The molecule has 4 nitrogen and oxygen atoms in total. The van der Waals surface area contributed by atoms with Crippen LogP contribution in [0.4, 0.5) is 0 Å². The standard InChI is InChI=1S/C15H23NO3/c1-4-5-13(17)9-16-15(18)10-19-14-7-11(2)6-12(3)8-14/h6-8,13,17H,4-5,9-10H2,1-3H3,(H,16,18). The summed E-state index contributed by atoms with van der Waals surface area (Å²) in [7, 11) is 0. The maximum atomic E-state index is 11.5. The average Bonchev–Trinajstić information content (AvgIpc) is 2.33. The van der Waals surface area contributed by atoms with Crippen LogP contribution < -0.4 is 10.1 Å². The van der Waals surface area contributed by atoms with Gasteiger partial charge in [-0.15, -0.1) is 0 Å². The molecule has 1 unspecified atom stereocenters. The van der Waals surface area contributed by atoms with Crippen molar-refractivity contribution in [3.63, 3.8) is 0 Å². The highest BCUT2D eigenvalue weighted by molar-refractivity contribution is 5.77. The Hall–Kier alpha value is -1.55. The lowest BCUT2D eigenvalue weighted by molar-refractivity contribution is -0.123. The molecule has 1 amide bonds. The highest BCUT2D eigenvalue weighted by Crippen LogP contribution is 2.15. The van der Waals surface area contributed by atoms with E-state index in [1.165, 1.54) is 0 Å². The van der Waals surface area contributed by atoms with Crippen molar-refractivity contribution in [2.45, 2.75) is 39.7 Å². The summed E-state index contributed by atoms with van der Waals surface area (Å²) in [6, 6.07) is 5.84. The Kier molecular flexibility index (Phi) is 6.36. The Morgan fingerprint density at radius 2 is 1.95 bits per heavy atom. The Balaban J connectivity index is 2.33. The van der Waals surface area contributed by atoms with Crippen LogP contribution in [0.3, 0.4) is 0 Å². The minimum absolute atomic E-state index is 0.0261. The summed E-state index contributed by atoms with van der Waals surface area (Å²) < 4.78 is 5.43. The van der Waals surface area contributed by atoms with E-state index in [1.54, 1.807) is 0 Å². The maximum Gasteiger partial charge on any atom is 0.258 e. The van der Waals surface area contributed by atoms with Gasteiger partial charge in [0.25, 0.3) is 5.91 Å². The van der Waals surface area contributed by atoms with Crippen molar-refractivity contribution >= 4 is 5.91 Å². The second kappa shape index (κ2) is 7.79. The summed E-state index contributed by atoms with van der Waals surface area (Å²) in [6.07, 6.45) is 1.11. The van der Waals surface area contributed by atoms with Crippen LogP contribution in [0.15, 0.2) is 18.2 Å². The molecule has 0 radical (unpaired) electrons. The molecule has 0 saturated heterocycles. The summed E-state index contributed by atoms with van der Waals surface area (Å²) in [6.45, 7) is 6.22. The molecule has 1 aromatic rings. The molecule has 0 aliphatic heterocycles. The zero-order valence-corrected chi connectivity index (χ0v) is 11.9. The fourth-order valence-corrected chi connectivity index (χ4v) is 1.88. The SMILES string of the molecule is CCCC(O)CNC(=O)COc1cc(C)cc(C)c1. The number of rotatable bonds is 7. The lowest BCUT2D eigenvalue weighted by Crippen LogP contribution is -2.35. The Labute approximate surface area is 114 Å². The zero-order valence-electron chi connectivity index (χ0n) is 11.9. The first-order chi connectivity index (χ1) is 9.01. The maximum absolute atomic E-state index is 11.5. The number of carbonyl (C=O) groups is 1. The number of aliphatic hydroxyl groups excluding tert-OH is 1. The Morgan fingerprint density at radius 3 is 2.53 bits per heavy atom. The molecule has 0 bridgehead atoms. The highest BCUT2D eigenvalue weighted by Gasteiger charge is 2.07. The first kappa shape index (κ1) is 15.5. The molecule has 4 heteroatoms. The van der Waals surface area contributed by atoms with Gasteiger partial charge in [0.1, 0.15) is 5.75 Å². The van der Waals surface area contributed by atoms with Gasteiger partial charge in [-0.25, -0.2) is 0 Å². The molecule has 0 heterocycles. The second-order valence-corrected chi connectivity index (χ2v) is 4.86. The van der Waals surface area contributed by atoms with Gasteiger partial charge in [-0.1, -0.05) is 19.4 Å². The van der Waals surface area contributed by atoms with Crippen LogP contribution in [0.5, 0.6) is 5.75 Å². The molecule has 0 aromatic heterocycles. The predicted molar refractivity (Wildman–Crippen MR) is 75.3 cm³/mol. The third-order valence-electron chi connectivity index (χ3n) is 2.72. The molecule has 1 aromatic carbocycles. The average molecular weight is 265 g/mol. The van der Waals surface area contributed by atoms with Gasteiger partial charge in [0, 0.05) is 6.54 Å². The number of nitrogens with one attached hydrogen (secondary N) is 1. The molecule has 106 valence electrons. The molecule has 0 aliphatic carbocycles. The monoisotopic (exact) mass is 265 g/mol. The number of hydrogen-bond donors (Lipinski definition) is 2. The third-order valence-corrected chi connectivity index (χ3v) is 2.72. The quantitative estimate of drug-likeness (QED) is 0.792. The molecule has 19 heavy (non-hydrogen) atoms. The van der Waals surface area contributed by atoms with Gasteiger partial charge < -0.3 is 15.2 Å². The second-order valence-electron chi connectivity index (χ2n) is 4.86. The summed E-state index contributed by atoms with van der Waals surface area (Å²) in [5, 5.41) is 12.2. The van der Waals surface area contributed by atoms with Gasteiger partial charge in [-0.3, -0.25) is 4.79 Å². The summed E-state index contributed by atoms with van der Waals surface area (Å²) in [4.78, 5) is 11.5. The largest absolute Gasteiger partial charge is 0.484 e. The topological polar surface area (TPSA) is 58.6 Å². The summed E-state index contributed by atoms with van der Waals surface area (Å²) >= 11 is 0. The number of aryl methyl sites for hydroxylation is 2. The first-order valence-corrected chi connectivity index (χ1v) is 6.67. The van der Waals surface area contributed by atoms with Gasteiger partial charge in [-0.05, 0) is 43.5 Å². The van der Waals surface area contributed by atoms with E-state index >= 15 is 0 Å². The lowest BCUT2D eigenvalue weighted by atomic mass is 10.1. The molecule has 1 rings (SSSR count). The summed E-state index contributed by atoms with van der Waals surface area (Å²) in [5.41, 5.74) is 2.21. The molecule has 0 fully saturated rings. The van der Waals surface area contributed by atoms with E-state index in [1.807, 2.05) is 39.0 Å². The van der Waals surface area contributed by atoms with Gasteiger partial charge in [0.05, 0.1) is 6.10 Å². The molecular weight excluding hydrogens is 242 g/mol. The normalized spacial score (nSPS) is 12.0. The van der Waals surface area contributed by atoms with Crippen LogP contribution in [0.1, 0.15) is 30.9 Å². The first-order valence-electron chi connectivity index (χ1n) is 6.67. The van der Waals surface area contributed by atoms with E-state index in [9.17, 15) is 9.90 Å². The highest BCUT2D eigenvalue weighted by atomic mass is 16.5. The molecular formula is C15H23NO3. The van der Waals surface area contributed by atoms with Crippen LogP contribution in [0.2, 0.25) is 0 Å². The molecule has 0 spiro atoms. The predicted octanol–water partition coefficient (Wildman–Crippen LogP) is 1.96. The Morgan fingerprint density at radius 1 is 1.32 bits per heavy atom. The van der Waals surface area contributed by atoms with E-state index in [0.717, 1.165) is 17.5 Å². The van der Waals surface area contributed by atoms with Gasteiger partial charge >= 0.3 is 0 Å². The van der Waals surface area contributed by atoms with Crippen molar-refractivity contribution in [3.05, 3.63) is 29.3 Å². The van der Waals surface area contributed by atoms with Gasteiger partial charge in [-0.2, -0.15) is 0 Å². The van der Waals surface area contributed by atoms with E-state index < -0.39 is 6.10 Å². The summed E-state index contributed by atoms with van der Waals surface area (Å²) in [5.74, 6) is 0.482. The van der Waals surface area contributed by atoms with Crippen molar-refractivity contribution in [2.75, 3.05) is 13.2 Å². The van der Waals surface area contributed by atoms with Crippen molar-refractivity contribution in [1.29, 1.82) is 0 Å². The number of aliphatic hydroxyl groups is 1. The molecule has 0 aliphatic rings. The molecule has 1 atom stereocenters. The van der Waals surface area contributed by atoms with E-state index in [4.69, 9.17) is 4.74 Å². The minimum Gasteiger partial charge on any atom is -0.484 e. The van der Waals surface area contributed by atoms with Crippen LogP contribution in [-0.4, -0.2) is 30.3 Å². The fraction of sp³-hybridized carbons (Fsp3) is 0.533. The van der Waals surface area contributed by atoms with Crippen LogP contribution >= 0.6 is 0 Å². The smallest absolute Gasteiger partial charge is 0.258 e. The third kappa shape index (κ3) is 6.25. The number of benzene rings is 1. The molecule has 2 N–H and O–H groups in total. The van der Waals surface area contributed by atoms with Gasteiger partial charge in [0.2, 0.25) is 0 Å². The number of hydrogen-bond acceptors (Lipinski definition) is 3. The van der Waals surface area contributed by atoms with Crippen LogP contribution in [0.25, 0.3) is 0 Å².